The van der Waals surface area contributed by atoms with Crippen molar-refractivity contribution in [1.29, 1.82) is 0 Å². The predicted octanol–water partition coefficient (Wildman–Crippen LogP) is 3.04. The Kier molecular flexibility index (Phi) is 7.11. The van der Waals surface area contributed by atoms with Gasteiger partial charge in [0.1, 0.15) is 6.61 Å². The number of aryl methyl sites for hydroxylation is 1. The van der Waals surface area contributed by atoms with E-state index in [-0.39, 0.29) is 23.3 Å². The molecule has 2 aromatic carbocycles. The van der Waals surface area contributed by atoms with Crippen LogP contribution in [0.15, 0.2) is 47.4 Å². The summed E-state index contributed by atoms with van der Waals surface area (Å²) in [5.41, 5.74) is 2.76. The van der Waals surface area contributed by atoms with Crippen molar-refractivity contribution in [3.63, 3.8) is 0 Å². The summed E-state index contributed by atoms with van der Waals surface area (Å²) in [4.78, 5) is 27.1. The average Bonchev–Trinajstić information content (AvgIpc) is 2.84. The molecule has 0 unspecified atom stereocenters. The number of sulfonamides is 1. The zero-order chi connectivity index (χ0) is 23.4. The molecule has 8 nitrogen and oxygen atoms in total. The van der Waals surface area contributed by atoms with Crippen molar-refractivity contribution < 1.29 is 22.7 Å². The summed E-state index contributed by atoms with van der Waals surface area (Å²) in [5, 5.41) is 2.85. The van der Waals surface area contributed by atoms with Crippen molar-refractivity contribution in [3.8, 4) is 0 Å². The molecule has 1 saturated heterocycles. The number of piperidine rings is 1. The first-order valence-electron chi connectivity index (χ1n) is 11.2. The Balaban J connectivity index is 1.48. The fourth-order valence-electron chi connectivity index (χ4n) is 4.35. The lowest BCUT2D eigenvalue weighted by Crippen LogP contribution is -2.37. The molecule has 33 heavy (non-hydrogen) atoms. The lowest BCUT2D eigenvalue weighted by molar-refractivity contribution is -0.122. The van der Waals surface area contributed by atoms with Crippen molar-refractivity contribution in [2.24, 2.45) is 0 Å². The molecule has 9 heteroatoms. The van der Waals surface area contributed by atoms with Crippen LogP contribution in [0.5, 0.6) is 0 Å². The molecule has 2 aliphatic heterocycles. The second-order valence-corrected chi connectivity index (χ2v) is 10.3. The third-order valence-electron chi connectivity index (χ3n) is 6.10. The highest BCUT2D eigenvalue weighted by atomic mass is 32.2. The van der Waals surface area contributed by atoms with E-state index in [1.165, 1.54) is 35.7 Å². The number of hydrogen-bond acceptors (Lipinski definition) is 5. The van der Waals surface area contributed by atoms with Gasteiger partial charge in [0.05, 0.1) is 4.90 Å². The highest BCUT2D eigenvalue weighted by Gasteiger charge is 2.26. The van der Waals surface area contributed by atoms with Crippen LogP contribution < -0.4 is 10.2 Å². The number of fused-ring (bicyclic) bond motifs is 1. The molecule has 0 aromatic heterocycles. The van der Waals surface area contributed by atoms with Gasteiger partial charge in [-0.05, 0) is 67.6 Å². The minimum absolute atomic E-state index is 0.00269. The number of carbonyl (C=O) groups is 2. The molecule has 4 rings (SSSR count). The van der Waals surface area contributed by atoms with Crippen molar-refractivity contribution >= 4 is 33.2 Å². The summed E-state index contributed by atoms with van der Waals surface area (Å²) in [5.74, 6) is -0.463. The molecular weight excluding hydrogens is 442 g/mol. The van der Waals surface area contributed by atoms with E-state index < -0.39 is 10.0 Å². The summed E-state index contributed by atoms with van der Waals surface area (Å²) in [7, 11) is -2.05. The Hall–Kier alpha value is -2.75. The van der Waals surface area contributed by atoms with Gasteiger partial charge in [-0.25, -0.2) is 8.42 Å². The number of methoxy groups -OCH3 is 1. The number of amides is 2. The maximum Gasteiger partial charge on any atom is 0.255 e. The van der Waals surface area contributed by atoms with Crippen molar-refractivity contribution in [3.05, 3.63) is 53.6 Å². The highest BCUT2D eigenvalue weighted by molar-refractivity contribution is 7.89. The molecule has 0 aliphatic carbocycles. The average molecular weight is 472 g/mol. The molecule has 2 amide bonds. The monoisotopic (exact) mass is 471 g/mol. The molecule has 0 spiro atoms. The van der Waals surface area contributed by atoms with Crippen molar-refractivity contribution in [2.45, 2.75) is 37.0 Å². The lowest BCUT2D eigenvalue weighted by atomic mass is 10.0. The Morgan fingerprint density at radius 3 is 2.39 bits per heavy atom. The van der Waals surface area contributed by atoms with Crippen molar-refractivity contribution in [1.82, 2.24) is 4.31 Å². The number of anilines is 2. The van der Waals surface area contributed by atoms with Gasteiger partial charge in [0.15, 0.2) is 0 Å². The Morgan fingerprint density at radius 1 is 0.970 bits per heavy atom. The summed E-state index contributed by atoms with van der Waals surface area (Å²) >= 11 is 0. The van der Waals surface area contributed by atoms with Gasteiger partial charge in [-0.3, -0.25) is 9.59 Å². The summed E-state index contributed by atoms with van der Waals surface area (Å²) in [6.45, 7) is 1.68. The third-order valence-corrected chi connectivity index (χ3v) is 8.01. The second kappa shape index (κ2) is 10.0. The van der Waals surface area contributed by atoms with E-state index in [1.807, 2.05) is 12.1 Å². The maximum absolute atomic E-state index is 12.8. The van der Waals surface area contributed by atoms with Crippen molar-refractivity contribution in [2.75, 3.05) is 43.6 Å². The standard InChI is InChI=1S/C24H29N3O5S/c1-32-17-23(28)27-15-5-6-18-7-10-20(16-22(18)27)25-24(29)19-8-11-21(12-9-19)33(30,31)26-13-3-2-4-14-26/h7-12,16H,2-6,13-15,17H2,1H3,(H,25,29). The van der Waals surface area contributed by atoms with Gasteiger partial charge in [0.2, 0.25) is 10.0 Å². The van der Waals surface area contributed by atoms with E-state index in [0.717, 1.165) is 43.4 Å². The van der Waals surface area contributed by atoms with Crippen LogP contribution in [0.1, 0.15) is 41.6 Å². The van der Waals surface area contributed by atoms with Crippen LogP contribution in [0.4, 0.5) is 11.4 Å². The van der Waals surface area contributed by atoms with Crippen LogP contribution in [-0.2, 0) is 26.0 Å². The molecule has 1 fully saturated rings. The van der Waals surface area contributed by atoms with Gasteiger partial charge in [0, 0.05) is 43.7 Å². The molecule has 2 aromatic rings. The largest absolute Gasteiger partial charge is 0.375 e. The molecular formula is C24H29N3O5S. The summed E-state index contributed by atoms with van der Waals surface area (Å²) < 4.78 is 32.1. The number of ether oxygens (including phenoxy) is 1. The highest BCUT2D eigenvalue weighted by Crippen LogP contribution is 2.30. The van der Waals surface area contributed by atoms with Gasteiger partial charge in [-0.15, -0.1) is 0 Å². The first-order valence-corrected chi connectivity index (χ1v) is 12.7. The maximum atomic E-state index is 12.8. The molecule has 0 atom stereocenters. The van der Waals surface area contributed by atoms with Gasteiger partial charge in [0.25, 0.3) is 11.8 Å². The lowest BCUT2D eigenvalue weighted by Gasteiger charge is -2.30. The summed E-state index contributed by atoms with van der Waals surface area (Å²) in [6.07, 6.45) is 4.53. The molecule has 2 aliphatic rings. The van der Waals surface area contributed by atoms with E-state index in [0.29, 0.717) is 30.9 Å². The number of rotatable bonds is 6. The number of nitrogens with zero attached hydrogens (tertiary/aromatic N) is 2. The van der Waals surface area contributed by atoms with E-state index in [9.17, 15) is 18.0 Å². The molecule has 1 N–H and O–H groups in total. The van der Waals surface area contributed by atoms with E-state index >= 15 is 0 Å². The van der Waals surface area contributed by atoms with Gasteiger partial charge >= 0.3 is 0 Å². The first kappa shape index (κ1) is 23.4. The number of benzene rings is 2. The predicted molar refractivity (Wildman–Crippen MR) is 126 cm³/mol. The smallest absolute Gasteiger partial charge is 0.255 e. The Labute approximate surface area is 194 Å². The SMILES string of the molecule is COCC(=O)N1CCCc2ccc(NC(=O)c3ccc(S(=O)(=O)N4CCCCC4)cc3)cc21. The minimum Gasteiger partial charge on any atom is -0.375 e. The zero-order valence-electron chi connectivity index (χ0n) is 18.7. The number of nitrogens with one attached hydrogen (secondary N) is 1. The van der Waals surface area contributed by atoms with Crippen LogP contribution in [0.2, 0.25) is 0 Å². The van der Waals surface area contributed by atoms with Gasteiger partial charge < -0.3 is 15.0 Å². The fourth-order valence-corrected chi connectivity index (χ4v) is 5.87. The quantitative estimate of drug-likeness (QED) is 0.699. The minimum atomic E-state index is -3.54. The van der Waals surface area contributed by atoms with Gasteiger partial charge in [-0.2, -0.15) is 4.31 Å². The molecule has 0 saturated carbocycles. The first-order chi connectivity index (χ1) is 15.9. The third kappa shape index (κ3) is 5.10. The van der Waals surface area contributed by atoms with E-state index in [1.54, 1.807) is 11.0 Å². The Bertz CT molecular complexity index is 1130. The van der Waals surface area contributed by atoms with Crippen LogP contribution in [0.25, 0.3) is 0 Å². The normalized spacial score (nSPS) is 16.8. The number of hydrogen-bond donors (Lipinski definition) is 1. The second-order valence-electron chi connectivity index (χ2n) is 8.37. The van der Waals surface area contributed by atoms with Crippen LogP contribution in [-0.4, -0.2) is 57.9 Å². The topological polar surface area (TPSA) is 96.0 Å². The number of carbonyl (C=O) groups excluding carboxylic acids is 2. The molecule has 2 heterocycles. The zero-order valence-corrected chi connectivity index (χ0v) is 19.6. The van der Waals surface area contributed by atoms with Crippen LogP contribution in [0.3, 0.4) is 0 Å². The molecule has 0 radical (unpaired) electrons. The molecule has 176 valence electrons. The van der Waals surface area contributed by atoms with Crippen LogP contribution >= 0.6 is 0 Å². The molecule has 0 bridgehead atoms. The van der Waals surface area contributed by atoms with Crippen LogP contribution in [0, 0.1) is 0 Å². The summed E-state index contributed by atoms with van der Waals surface area (Å²) in [6, 6.07) is 11.6. The van der Waals surface area contributed by atoms with Gasteiger partial charge in [-0.1, -0.05) is 12.5 Å². The fraction of sp³-hybridized carbons (Fsp3) is 0.417. The van der Waals surface area contributed by atoms with E-state index in [2.05, 4.69) is 5.32 Å². The Morgan fingerprint density at radius 2 is 1.70 bits per heavy atom. The van der Waals surface area contributed by atoms with E-state index in [4.69, 9.17) is 4.74 Å².